The van der Waals surface area contributed by atoms with E-state index >= 15 is 0 Å². The first-order valence-electron chi connectivity index (χ1n) is 22.5. The van der Waals surface area contributed by atoms with E-state index in [1.165, 1.54) is 65.3 Å². The molecule has 0 heterocycles. The van der Waals surface area contributed by atoms with Crippen molar-refractivity contribution in [1.29, 1.82) is 0 Å². The molecule has 0 amide bonds. The molecule has 0 saturated heterocycles. The van der Waals surface area contributed by atoms with Crippen LogP contribution in [0.3, 0.4) is 0 Å². The van der Waals surface area contributed by atoms with Gasteiger partial charge in [0.2, 0.25) is 0 Å². The second-order valence-electron chi connectivity index (χ2n) is 17.6. The Morgan fingerprint density at radius 2 is 0.969 bits per heavy atom. The summed E-state index contributed by atoms with van der Waals surface area (Å²) in [5, 5.41) is 9.87. The largest absolute Gasteiger partial charge is 0.310 e. The number of benzene rings is 10. The number of hydrogen-bond donors (Lipinski definition) is 0. The molecule has 10 aromatic rings. The van der Waals surface area contributed by atoms with Crippen LogP contribution < -0.4 is 9.80 Å². The van der Waals surface area contributed by atoms with Gasteiger partial charge in [-0.3, -0.25) is 0 Å². The summed E-state index contributed by atoms with van der Waals surface area (Å²) in [4.78, 5) is 4.88. The third-order valence-corrected chi connectivity index (χ3v) is 14.0. The Labute approximate surface area is 380 Å². The highest BCUT2D eigenvalue weighted by Gasteiger charge is 2.44. The molecule has 2 unspecified atom stereocenters. The Bertz CT molecular complexity index is 3600. The summed E-state index contributed by atoms with van der Waals surface area (Å²) in [6.07, 6.45) is 11.2. The lowest BCUT2D eigenvalue weighted by molar-refractivity contribution is 0.518. The van der Waals surface area contributed by atoms with Crippen molar-refractivity contribution in [2.75, 3.05) is 9.80 Å². The van der Waals surface area contributed by atoms with Gasteiger partial charge in [-0.15, -0.1) is 0 Å². The maximum absolute atomic E-state index is 4.06. The molecule has 65 heavy (non-hydrogen) atoms. The number of hydrogen-bond acceptors (Lipinski definition) is 2. The van der Waals surface area contributed by atoms with Crippen LogP contribution in [-0.4, -0.2) is 0 Å². The summed E-state index contributed by atoms with van der Waals surface area (Å²) in [5.41, 5.74) is 13.9. The molecule has 2 nitrogen and oxygen atoms in total. The molecule has 0 bridgehead atoms. The van der Waals surface area contributed by atoms with Gasteiger partial charge in [-0.1, -0.05) is 196 Å². The molecule has 10 aromatic carbocycles. The molecule has 308 valence electrons. The molecule has 0 radical (unpaired) electrons. The van der Waals surface area contributed by atoms with E-state index in [0.29, 0.717) is 0 Å². The van der Waals surface area contributed by atoms with Gasteiger partial charge >= 0.3 is 0 Å². The van der Waals surface area contributed by atoms with Gasteiger partial charge in [-0.2, -0.15) is 0 Å². The summed E-state index contributed by atoms with van der Waals surface area (Å²) in [7, 11) is 0. The zero-order valence-corrected chi connectivity index (χ0v) is 36.3. The van der Waals surface area contributed by atoms with Crippen molar-refractivity contribution < 1.29 is 0 Å². The summed E-state index contributed by atoms with van der Waals surface area (Å²) in [5.74, 6) is 0.0101. The van der Waals surface area contributed by atoms with Crippen LogP contribution in [0.15, 0.2) is 237 Å². The van der Waals surface area contributed by atoms with Gasteiger partial charge in [-0.05, 0) is 120 Å². The van der Waals surface area contributed by atoms with Gasteiger partial charge in [-0.25, -0.2) is 0 Å². The lowest BCUT2D eigenvalue weighted by Gasteiger charge is -2.45. The fourth-order valence-electron chi connectivity index (χ4n) is 10.9. The van der Waals surface area contributed by atoms with Gasteiger partial charge < -0.3 is 9.80 Å². The molecule has 0 fully saturated rings. The van der Waals surface area contributed by atoms with Crippen LogP contribution in [0.2, 0.25) is 0 Å². The molecule has 2 aliphatic carbocycles. The molecule has 2 heteroatoms. The summed E-state index contributed by atoms with van der Waals surface area (Å²) >= 11 is 0. The van der Waals surface area contributed by atoms with Gasteiger partial charge in [0.1, 0.15) is 0 Å². The highest BCUT2D eigenvalue weighted by Crippen LogP contribution is 2.59. The van der Waals surface area contributed by atoms with E-state index in [4.69, 9.17) is 0 Å². The lowest BCUT2D eigenvalue weighted by atomic mass is 9.59. The van der Waals surface area contributed by atoms with Crippen molar-refractivity contribution in [3.63, 3.8) is 0 Å². The van der Waals surface area contributed by atoms with E-state index in [9.17, 15) is 0 Å². The van der Waals surface area contributed by atoms with Crippen molar-refractivity contribution in [3.8, 4) is 11.1 Å². The Kier molecular flexibility index (Phi) is 9.03. The molecule has 2 atom stereocenters. The molecular weight excluding hydrogens is 785 g/mol. The molecule has 0 aromatic heterocycles. The second-order valence-corrected chi connectivity index (χ2v) is 17.6. The van der Waals surface area contributed by atoms with Gasteiger partial charge in [0.25, 0.3) is 0 Å². The van der Waals surface area contributed by atoms with E-state index in [1.54, 1.807) is 0 Å². The average Bonchev–Trinajstić information content (AvgIpc) is 3.37. The number of anilines is 5. The van der Waals surface area contributed by atoms with E-state index < -0.39 is 0 Å². The number of nitrogens with zero attached hydrogens (tertiary/aromatic N) is 2. The summed E-state index contributed by atoms with van der Waals surface area (Å²) < 4.78 is 0. The molecule has 0 N–H and O–H groups in total. The van der Waals surface area contributed by atoms with E-state index in [-0.39, 0.29) is 11.3 Å². The number of allylic oxidation sites excluding steroid dienone is 3. The Balaban J connectivity index is 1.14. The monoisotopic (exact) mass is 830 g/mol. The fraction of sp³-hybridized carbons (Fsp3) is 0.0476. The zero-order valence-electron chi connectivity index (χ0n) is 36.3. The maximum atomic E-state index is 4.06. The minimum atomic E-state index is -0.319. The molecule has 0 saturated carbocycles. The van der Waals surface area contributed by atoms with Crippen LogP contribution in [0.4, 0.5) is 28.4 Å². The average molecular weight is 831 g/mol. The van der Waals surface area contributed by atoms with Crippen molar-refractivity contribution in [1.82, 2.24) is 0 Å². The molecule has 2 aliphatic rings. The van der Waals surface area contributed by atoms with Crippen LogP contribution in [0, 0.1) is 0 Å². The van der Waals surface area contributed by atoms with Crippen molar-refractivity contribution in [2.24, 2.45) is 0 Å². The zero-order chi connectivity index (χ0) is 43.6. The van der Waals surface area contributed by atoms with Crippen LogP contribution in [0.25, 0.3) is 66.4 Å². The van der Waals surface area contributed by atoms with Crippen LogP contribution in [-0.2, 0) is 5.41 Å². The topological polar surface area (TPSA) is 6.48 Å². The molecule has 0 spiro atoms. The Morgan fingerprint density at radius 3 is 1.62 bits per heavy atom. The first-order chi connectivity index (χ1) is 32.0. The highest BCUT2D eigenvalue weighted by atomic mass is 15.2. The maximum Gasteiger partial charge on any atom is 0.0540 e. The van der Waals surface area contributed by atoms with Crippen molar-refractivity contribution in [3.05, 3.63) is 260 Å². The normalized spacial score (nSPS) is 16.1. The standard InChI is InChI=1S/C63H46N2/c1-4-42-28-32-46(33-29-42)64(59-26-14-18-44-16-6-8-20-50(44)59)48-36-37-53-52-22-10-11-23-54(52)62-58-41-49(38-39-63(58,3)57-25-13-12-24-55(57)61(62)56(53)40-48)65(47-34-30-43(5-2)31-35-47)60-27-15-19-45-17-7-9-21-51(45)60/h4-41,58H,1-2H2,3H3. The van der Waals surface area contributed by atoms with E-state index in [1.807, 2.05) is 12.2 Å². The van der Waals surface area contributed by atoms with E-state index in [0.717, 1.165) is 45.3 Å². The second kappa shape index (κ2) is 15.3. The van der Waals surface area contributed by atoms with Gasteiger partial charge in [0.05, 0.1) is 11.4 Å². The Morgan fingerprint density at radius 1 is 0.462 bits per heavy atom. The van der Waals surface area contributed by atoms with Crippen molar-refractivity contribution in [2.45, 2.75) is 18.3 Å². The number of fused-ring (bicyclic) bond motifs is 13. The third kappa shape index (κ3) is 6.09. The van der Waals surface area contributed by atoms with Crippen LogP contribution >= 0.6 is 0 Å². The van der Waals surface area contributed by atoms with Crippen LogP contribution in [0.5, 0.6) is 0 Å². The molecular formula is C63H46N2. The highest BCUT2D eigenvalue weighted by molar-refractivity contribution is 6.18. The smallest absolute Gasteiger partial charge is 0.0540 e. The number of rotatable bonds is 8. The quantitative estimate of drug-likeness (QED) is 0.141. The van der Waals surface area contributed by atoms with Gasteiger partial charge in [0.15, 0.2) is 0 Å². The summed E-state index contributed by atoms with van der Waals surface area (Å²) in [6.45, 7) is 10.5. The predicted molar refractivity (Wildman–Crippen MR) is 279 cm³/mol. The molecule has 0 aliphatic heterocycles. The first-order valence-corrected chi connectivity index (χ1v) is 22.5. The van der Waals surface area contributed by atoms with Gasteiger partial charge in [0, 0.05) is 44.9 Å². The third-order valence-electron chi connectivity index (χ3n) is 14.0. The lowest BCUT2D eigenvalue weighted by Crippen LogP contribution is -2.35. The SMILES string of the molecule is C=Cc1ccc(N(C2=CC3c4c(c5cc(N(c6ccc(C=C)cc6)c6cccc7ccccc67)ccc5c5ccccc45)-c4ccccc4C3(C)C=C2)c2cccc3ccccc23)cc1. The molecule has 12 rings (SSSR count). The van der Waals surface area contributed by atoms with Crippen molar-refractivity contribution >= 4 is 83.7 Å². The predicted octanol–water partition coefficient (Wildman–Crippen LogP) is 17.4. The fourth-order valence-corrected chi connectivity index (χ4v) is 10.9. The minimum Gasteiger partial charge on any atom is -0.310 e. The van der Waals surface area contributed by atoms with Crippen LogP contribution in [0.1, 0.15) is 35.1 Å². The van der Waals surface area contributed by atoms with E-state index in [2.05, 4.69) is 248 Å². The first kappa shape index (κ1) is 38.5. The Hall–Kier alpha value is -8.20. The minimum absolute atomic E-state index is 0.0101. The summed E-state index contributed by atoms with van der Waals surface area (Å²) in [6, 6.07) is 73.5.